The Kier molecular flexibility index (Phi) is 6.10. The summed E-state index contributed by atoms with van der Waals surface area (Å²) in [5.41, 5.74) is 3.75. The molecule has 1 aliphatic heterocycles. The van der Waals surface area contributed by atoms with Gasteiger partial charge < -0.3 is 18.9 Å². The summed E-state index contributed by atoms with van der Waals surface area (Å²) in [7, 11) is 4.96. The Morgan fingerprint density at radius 1 is 0.926 bits per heavy atom. The second-order valence-electron chi connectivity index (χ2n) is 6.41. The zero-order valence-electron chi connectivity index (χ0n) is 16.1. The van der Waals surface area contributed by atoms with Crippen LogP contribution in [0.5, 0.6) is 23.0 Å². The summed E-state index contributed by atoms with van der Waals surface area (Å²) < 4.78 is 21.8. The van der Waals surface area contributed by atoms with E-state index in [0.29, 0.717) is 11.5 Å². The molecule has 142 valence electrons. The largest absolute Gasteiger partial charge is 0.493 e. The molecule has 2 aromatic carbocycles. The minimum absolute atomic E-state index is 0.221. The maximum Gasteiger partial charge on any atom is 0.162 e. The van der Waals surface area contributed by atoms with Crippen LogP contribution in [0.3, 0.4) is 0 Å². The number of hydrogen-bond donors (Lipinski definition) is 0. The van der Waals surface area contributed by atoms with Crippen LogP contribution in [0, 0.1) is 12.3 Å². The van der Waals surface area contributed by atoms with Crippen LogP contribution in [-0.2, 0) is 19.5 Å². The molecule has 0 amide bonds. The summed E-state index contributed by atoms with van der Waals surface area (Å²) in [5.74, 6) is 5.41. The van der Waals surface area contributed by atoms with E-state index in [-0.39, 0.29) is 6.61 Å². The molecule has 0 aromatic heterocycles. The van der Waals surface area contributed by atoms with Gasteiger partial charge in [0.1, 0.15) is 6.61 Å². The minimum Gasteiger partial charge on any atom is -0.493 e. The molecule has 0 bridgehead atoms. The molecule has 3 rings (SSSR count). The lowest BCUT2D eigenvalue weighted by atomic mass is 9.98. The van der Waals surface area contributed by atoms with Crippen molar-refractivity contribution in [3.05, 3.63) is 47.0 Å². The lowest BCUT2D eigenvalue weighted by Crippen LogP contribution is -2.30. The highest BCUT2D eigenvalue weighted by Crippen LogP contribution is 2.34. The van der Waals surface area contributed by atoms with Gasteiger partial charge in [0.05, 0.1) is 21.3 Å². The third-order valence-electron chi connectivity index (χ3n) is 4.74. The van der Waals surface area contributed by atoms with Crippen molar-refractivity contribution in [1.82, 2.24) is 4.90 Å². The first-order valence-electron chi connectivity index (χ1n) is 8.87. The molecular formula is C22H25NO4. The van der Waals surface area contributed by atoms with Crippen LogP contribution in [0.2, 0.25) is 0 Å². The number of ether oxygens (including phenoxy) is 4. The summed E-state index contributed by atoms with van der Waals surface area (Å²) in [6.07, 6.45) is 6.28. The fourth-order valence-electron chi connectivity index (χ4n) is 3.39. The molecule has 5 heteroatoms. The van der Waals surface area contributed by atoms with Crippen LogP contribution in [0.25, 0.3) is 0 Å². The second kappa shape index (κ2) is 8.70. The zero-order valence-corrected chi connectivity index (χ0v) is 16.1. The number of methoxy groups -OCH3 is 3. The van der Waals surface area contributed by atoms with Gasteiger partial charge in [-0.25, -0.2) is 0 Å². The molecular weight excluding hydrogens is 342 g/mol. The normalized spacial score (nSPS) is 13.4. The average molecular weight is 367 g/mol. The van der Waals surface area contributed by atoms with Crippen molar-refractivity contribution < 1.29 is 18.9 Å². The number of fused-ring (bicyclic) bond motifs is 1. The van der Waals surface area contributed by atoms with Gasteiger partial charge in [0.15, 0.2) is 23.0 Å². The number of benzene rings is 2. The van der Waals surface area contributed by atoms with Crippen molar-refractivity contribution in [2.45, 2.75) is 19.5 Å². The summed E-state index contributed by atoms with van der Waals surface area (Å²) in [5, 5.41) is 0. The molecule has 0 radical (unpaired) electrons. The average Bonchev–Trinajstić information content (AvgIpc) is 2.71. The van der Waals surface area contributed by atoms with E-state index in [1.165, 1.54) is 11.1 Å². The molecule has 0 saturated carbocycles. The summed E-state index contributed by atoms with van der Waals surface area (Å²) in [6, 6.07) is 10.2. The molecule has 2 aromatic rings. The van der Waals surface area contributed by atoms with Gasteiger partial charge in [0, 0.05) is 19.6 Å². The number of terminal acetylenes is 1. The predicted octanol–water partition coefficient (Wildman–Crippen LogP) is 3.28. The summed E-state index contributed by atoms with van der Waals surface area (Å²) in [4.78, 5) is 2.40. The fraction of sp³-hybridized carbons (Fsp3) is 0.364. The van der Waals surface area contributed by atoms with Crippen LogP contribution in [0.4, 0.5) is 0 Å². The van der Waals surface area contributed by atoms with E-state index in [2.05, 4.69) is 29.0 Å². The van der Waals surface area contributed by atoms with Gasteiger partial charge in [-0.2, -0.15) is 0 Å². The monoisotopic (exact) mass is 367 g/mol. The Labute approximate surface area is 160 Å². The van der Waals surface area contributed by atoms with Crippen molar-refractivity contribution in [1.29, 1.82) is 0 Å². The van der Waals surface area contributed by atoms with E-state index in [1.807, 2.05) is 12.1 Å². The van der Waals surface area contributed by atoms with E-state index in [4.69, 9.17) is 25.4 Å². The van der Waals surface area contributed by atoms with Crippen molar-refractivity contribution in [2.75, 3.05) is 34.5 Å². The van der Waals surface area contributed by atoms with Gasteiger partial charge in [-0.05, 0) is 47.4 Å². The summed E-state index contributed by atoms with van der Waals surface area (Å²) >= 11 is 0. The highest BCUT2D eigenvalue weighted by molar-refractivity contribution is 5.48. The van der Waals surface area contributed by atoms with Crippen molar-refractivity contribution in [3.8, 4) is 35.3 Å². The first kappa shape index (κ1) is 18.9. The maximum absolute atomic E-state index is 5.61. The first-order valence-corrected chi connectivity index (χ1v) is 8.87. The van der Waals surface area contributed by atoms with Crippen LogP contribution in [-0.4, -0.2) is 39.4 Å². The van der Waals surface area contributed by atoms with Crippen LogP contribution in [0.15, 0.2) is 30.3 Å². The van der Waals surface area contributed by atoms with Gasteiger partial charge >= 0.3 is 0 Å². The topological polar surface area (TPSA) is 40.2 Å². The van der Waals surface area contributed by atoms with Crippen molar-refractivity contribution >= 4 is 0 Å². The molecule has 0 atom stereocenters. The van der Waals surface area contributed by atoms with Crippen LogP contribution >= 0.6 is 0 Å². The van der Waals surface area contributed by atoms with E-state index < -0.39 is 0 Å². The van der Waals surface area contributed by atoms with E-state index in [1.54, 1.807) is 21.3 Å². The number of rotatable bonds is 7. The van der Waals surface area contributed by atoms with Crippen LogP contribution < -0.4 is 18.9 Å². The Hall–Kier alpha value is -2.84. The zero-order chi connectivity index (χ0) is 19.2. The molecule has 27 heavy (non-hydrogen) atoms. The molecule has 0 spiro atoms. The quantitative estimate of drug-likeness (QED) is 0.703. The third kappa shape index (κ3) is 4.29. The molecule has 0 fully saturated rings. The highest BCUT2D eigenvalue weighted by atomic mass is 16.5. The van der Waals surface area contributed by atoms with Gasteiger partial charge in [-0.1, -0.05) is 12.0 Å². The number of nitrogens with zero attached hydrogens (tertiary/aromatic N) is 1. The molecule has 0 N–H and O–H groups in total. The van der Waals surface area contributed by atoms with Crippen molar-refractivity contribution in [3.63, 3.8) is 0 Å². The predicted molar refractivity (Wildman–Crippen MR) is 105 cm³/mol. The lowest BCUT2D eigenvalue weighted by Gasteiger charge is -2.29. The highest BCUT2D eigenvalue weighted by Gasteiger charge is 2.20. The maximum atomic E-state index is 5.61. The fourth-order valence-corrected chi connectivity index (χ4v) is 3.39. The SMILES string of the molecule is C#CCOc1cc(CN2CCc3cc(OC)c(OC)cc3C2)ccc1OC. The van der Waals surface area contributed by atoms with Gasteiger partial charge in [0.25, 0.3) is 0 Å². The van der Waals surface area contributed by atoms with Crippen LogP contribution in [0.1, 0.15) is 16.7 Å². The summed E-state index contributed by atoms with van der Waals surface area (Å²) in [6.45, 7) is 2.89. The standard InChI is InChI=1S/C22H25NO4/c1-5-10-27-22-11-16(6-7-19(22)24-2)14-23-9-8-17-12-20(25-3)21(26-4)13-18(17)15-23/h1,6-7,11-13H,8-10,14-15H2,2-4H3. The Balaban J connectivity index is 1.75. The van der Waals surface area contributed by atoms with E-state index in [0.717, 1.165) is 43.1 Å². The third-order valence-corrected chi connectivity index (χ3v) is 4.74. The Bertz CT molecular complexity index is 841. The second-order valence-corrected chi connectivity index (χ2v) is 6.41. The Morgan fingerprint density at radius 2 is 1.63 bits per heavy atom. The molecule has 1 heterocycles. The molecule has 5 nitrogen and oxygen atoms in total. The first-order chi connectivity index (χ1) is 13.2. The van der Waals surface area contributed by atoms with Gasteiger partial charge in [-0.3, -0.25) is 4.90 Å². The molecule has 0 saturated heterocycles. The lowest BCUT2D eigenvalue weighted by molar-refractivity contribution is 0.243. The molecule has 1 aliphatic rings. The minimum atomic E-state index is 0.221. The Morgan fingerprint density at radius 3 is 2.30 bits per heavy atom. The number of hydrogen-bond acceptors (Lipinski definition) is 5. The molecule has 0 aliphatic carbocycles. The van der Waals surface area contributed by atoms with E-state index in [9.17, 15) is 0 Å². The van der Waals surface area contributed by atoms with Gasteiger partial charge in [-0.15, -0.1) is 6.42 Å². The van der Waals surface area contributed by atoms with Gasteiger partial charge in [0.2, 0.25) is 0 Å². The van der Waals surface area contributed by atoms with Crippen molar-refractivity contribution in [2.24, 2.45) is 0 Å². The van der Waals surface area contributed by atoms with E-state index >= 15 is 0 Å². The molecule has 0 unspecified atom stereocenters. The smallest absolute Gasteiger partial charge is 0.162 e.